The SMILES string of the molecule is Nc1cccc(-c2ncc(-c3cccc(F)c3)cn2)c1. The van der Waals surface area contributed by atoms with Crippen molar-refractivity contribution in [2.45, 2.75) is 0 Å². The maximum Gasteiger partial charge on any atom is 0.159 e. The quantitative estimate of drug-likeness (QED) is 0.721. The zero-order valence-corrected chi connectivity index (χ0v) is 10.6. The topological polar surface area (TPSA) is 51.8 Å². The summed E-state index contributed by atoms with van der Waals surface area (Å²) in [5.41, 5.74) is 8.79. The molecule has 98 valence electrons. The second-order valence-corrected chi connectivity index (χ2v) is 4.43. The number of nitrogens with zero attached hydrogens (tertiary/aromatic N) is 2. The Morgan fingerprint density at radius 1 is 0.800 bits per heavy atom. The van der Waals surface area contributed by atoms with E-state index in [9.17, 15) is 4.39 Å². The maximum atomic E-state index is 13.2. The van der Waals surface area contributed by atoms with Crippen LogP contribution in [0.15, 0.2) is 60.9 Å². The highest BCUT2D eigenvalue weighted by atomic mass is 19.1. The number of hydrogen-bond acceptors (Lipinski definition) is 3. The van der Waals surface area contributed by atoms with Crippen molar-refractivity contribution in [1.82, 2.24) is 9.97 Å². The predicted octanol–water partition coefficient (Wildman–Crippen LogP) is 3.53. The van der Waals surface area contributed by atoms with Gasteiger partial charge in [-0.3, -0.25) is 0 Å². The van der Waals surface area contributed by atoms with Crippen molar-refractivity contribution < 1.29 is 4.39 Å². The third-order valence-corrected chi connectivity index (χ3v) is 2.95. The number of benzene rings is 2. The van der Waals surface area contributed by atoms with Crippen molar-refractivity contribution in [3.8, 4) is 22.5 Å². The van der Waals surface area contributed by atoms with E-state index >= 15 is 0 Å². The molecule has 3 nitrogen and oxygen atoms in total. The Morgan fingerprint density at radius 3 is 2.20 bits per heavy atom. The molecule has 0 amide bonds. The minimum atomic E-state index is -0.276. The van der Waals surface area contributed by atoms with Gasteiger partial charge >= 0.3 is 0 Å². The van der Waals surface area contributed by atoms with Crippen molar-refractivity contribution in [1.29, 1.82) is 0 Å². The Morgan fingerprint density at radius 2 is 1.50 bits per heavy atom. The first kappa shape index (κ1) is 12.3. The zero-order valence-electron chi connectivity index (χ0n) is 10.6. The summed E-state index contributed by atoms with van der Waals surface area (Å²) in [5.74, 6) is 0.319. The number of anilines is 1. The monoisotopic (exact) mass is 265 g/mol. The number of rotatable bonds is 2. The molecule has 0 atom stereocenters. The molecular weight excluding hydrogens is 253 g/mol. The van der Waals surface area contributed by atoms with E-state index in [0.717, 1.165) is 16.7 Å². The molecule has 0 aliphatic heterocycles. The van der Waals surface area contributed by atoms with Gasteiger partial charge in [0.2, 0.25) is 0 Å². The van der Waals surface area contributed by atoms with Gasteiger partial charge in [0.05, 0.1) is 0 Å². The molecule has 2 N–H and O–H groups in total. The van der Waals surface area contributed by atoms with Crippen LogP contribution in [0, 0.1) is 5.82 Å². The van der Waals surface area contributed by atoms with Gasteiger partial charge in [-0.15, -0.1) is 0 Å². The average molecular weight is 265 g/mol. The number of halogens is 1. The van der Waals surface area contributed by atoms with E-state index in [1.807, 2.05) is 30.3 Å². The van der Waals surface area contributed by atoms with E-state index in [1.165, 1.54) is 12.1 Å². The van der Waals surface area contributed by atoms with Crippen LogP contribution >= 0.6 is 0 Å². The van der Waals surface area contributed by atoms with Gasteiger partial charge in [-0.1, -0.05) is 24.3 Å². The van der Waals surface area contributed by atoms with Gasteiger partial charge in [0.1, 0.15) is 5.82 Å². The van der Waals surface area contributed by atoms with Gasteiger partial charge in [-0.2, -0.15) is 0 Å². The van der Waals surface area contributed by atoms with E-state index in [-0.39, 0.29) is 5.82 Å². The first-order chi connectivity index (χ1) is 9.72. The van der Waals surface area contributed by atoms with Gasteiger partial charge in [0.25, 0.3) is 0 Å². The largest absolute Gasteiger partial charge is 0.399 e. The molecule has 0 radical (unpaired) electrons. The lowest BCUT2D eigenvalue weighted by atomic mass is 10.1. The fraction of sp³-hybridized carbons (Fsp3) is 0. The smallest absolute Gasteiger partial charge is 0.159 e. The van der Waals surface area contributed by atoms with E-state index in [2.05, 4.69) is 9.97 Å². The molecule has 0 aliphatic rings. The van der Waals surface area contributed by atoms with Crippen molar-refractivity contribution in [3.63, 3.8) is 0 Å². The Labute approximate surface area is 115 Å². The van der Waals surface area contributed by atoms with E-state index in [4.69, 9.17) is 5.73 Å². The molecular formula is C16H12FN3. The third-order valence-electron chi connectivity index (χ3n) is 2.95. The molecule has 0 spiro atoms. The third kappa shape index (κ3) is 2.49. The highest BCUT2D eigenvalue weighted by Crippen LogP contribution is 2.21. The van der Waals surface area contributed by atoms with E-state index in [0.29, 0.717) is 11.5 Å². The first-order valence-electron chi connectivity index (χ1n) is 6.16. The van der Waals surface area contributed by atoms with Gasteiger partial charge in [-0.05, 0) is 29.8 Å². The fourth-order valence-electron chi connectivity index (χ4n) is 1.97. The molecule has 3 aromatic rings. The van der Waals surface area contributed by atoms with Gasteiger partial charge in [0.15, 0.2) is 5.82 Å². The molecule has 4 heteroatoms. The summed E-state index contributed by atoms with van der Waals surface area (Å²) in [6.07, 6.45) is 3.36. The summed E-state index contributed by atoms with van der Waals surface area (Å²) >= 11 is 0. The Balaban J connectivity index is 1.96. The molecule has 0 unspecified atom stereocenters. The van der Waals surface area contributed by atoms with Crippen molar-refractivity contribution in [2.24, 2.45) is 0 Å². The van der Waals surface area contributed by atoms with Crippen LogP contribution in [0.4, 0.5) is 10.1 Å². The minimum absolute atomic E-state index is 0.276. The summed E-state index contributed by atoms with van der Waals surface area (Å²) in [6.45, 7) is 0. The summed E-state index contributed by atoms with van der Waals surface area (Å²) in [5, 5.41) is 0. The highest BCUT2D eigenvalue weighted by Gasteiger charge is 2.04. The molecule has 0 aliphatic carbocycles. The van der Waals surface area contributed by atoms with Crippen LogP contribution in [0.3, 0.4) is 0 Å². The van der Waals surface area contributed by atoms with Crippen LogP contribution < -0.4 is 5.73 Å². The summed E-state index contributed by atoms with van der Waals surface area (Å²) < 4.78 is 13.2. The second kappa shape index (κ2) is 5.09. The summed E-state index contributed by atoms with van der Waals surface area (Å²) in [6, 6.07) is 13.7. The Kier molecular flexibility index (Phi) is 3.13. The Hall–Kier alpha value is -2.75. The molecule has 0 saturated heterocycles. The second-order valence-electron chi connectivity index (χ2n) is 4.43. The maximum absolute atomic E-state index is 13.2. The molecule has 3 rings (SSSR count). The summed E-state index contributed by atoms with van der Waals surface area (Å²) in [4.78, 5) is 8.61. The van der Waals surface area contributed by atoms with Gasteiger partial charge in [-0.25, -0.2) is 14.4 Å². The zero-order chi connectivity index (χ0) is 13.9. The lowest BCUT2D eigenvalue weighted by Crippen LogP contribution is -1.91. The molecule has 0 bridgehead atoms. The summed E-state index contributed by atoms with van der Waals surface area (Å²) in [7, 11) is 0. The number of nitrogens with two attached hydrogens (primary N) is 1. The van der Waals surface area contributed by atoms with Crippen LogP contribution in [0.5, 0.6) is 0 Å². The van der Waals surface area contributed by atoms with E-state index in [1.54, 1.807) is 18.5 Å². The normalized spacial score (nSPS) is 10.4. The van der Waals surface area contributed by atoms with Crippen molar-refractivity contribution >= 4 is 5.69 Å². The molecule has 20 heavy (non-hydrogen) atoms. The van der Waals surface area contributed by atoms with Crippen LogP contribution in [0.25, 0.3) is 22.5 Å². The Bertz CT molecular complexity index is 674. The molecule has 2 aromatic carbocycles. The standard InChI is InChI=1S/C16H12FN3/c17-14-5-1-3-11(7-14)13-9-19-16(20-10-13)12-4-2-6-15(18)8-12/h1-10H,18H2. The number of aromatic nitrogens is 2. The number of hydrogen-bond donors (Lipinski definition) is 1. The predicted molar refractivity (Wildman–Crippen MR) is 77.3 cm³/mol. The minimum Gasteiger partial charge on any atom is -0.399 e. The van der Waals surface area contributed by atoms with Crippen LogP contribution in [0.2, 0.25) is 0 Å². The fourth-order valence-corrected chi connectivity index (χ4v) is 1.97. The van der Waals surface area contributed by atoms with Crippen LogP contribution in [-0.4, -0.2) is 9.97 Å². The molecule has 0 saturated carbocycles. The van der Waals surface area contributed by atoms with Crippen LogP contribution in [-0.2, 0) is 0 Å². The lowest BCUT2D eigenvalue weighted by molar-refractivity contribution is 0.628. The highest BCUT2D eigenvalue weighted by molar-refractivity contribution is 5.65. The van der Waals surface area contributed by atoms with Crippen molar-refractivity contribution in [3.05, 3.63) is 66.7 Å². The first-order valence-corrected chi connectivity index (χ1v) is 6.16. The number of nitrogen functional groups attached to an aromatic ring is 1. The van der Waals surface area contributed by atoms with Gasteiger partial charge in [0, 0.05) is 29.2 Å². The van der Waals surface area contributed by atoms with Gasteiger partial charge < -0.3 is 5.73 Å². The lowest BCUT2D eigenvalue weighted by Gasteiger charge is -2.04. The molecule has 1 heterocycles. The average Bonchev–Trinajstić information content (AvgIpc) is 2.47. The van der Waals surface area contributed by atoms with E-state index < -0.39 is 0 Å². The molecule has 1 aromatic heterocycles. The van der Waals surface area contributed by atoms with Crippen LogP contribution in [0.1, 0.15) is 0 Å². The van der Waals surface area contributed by atoms with Crippen molar-refractivity contribution in [2.75, 3.05) is 5.73 Å². The molecule has 0 fully saturated rings.